The summed E-state index contributed by atoms with van der Waals surface area (Å²) in [7, 11) is 1.55. The van der Waals surface area contributed by atoms with E-state index >= 15 is 0 Å². The van der Waals surface area contributed by atoms with Gasteiger partial charge in [0.15, 0.2) is 5.78 Å². The van der Waals surface area contributed by atoms with Gasteiger partial charge in [0.05, 0.1) is 6.61 Å². The van der Waals surface area contributed by atoms with E-state index in [2.05, 4.69) is 0 Å². The van der Waals surface area contributed by atoms with E-state index in [0.29, 0.717) is 6.61 Å². The molecule has 0 aromatic heterocycles. The Labute approximate surface area is 67.4 Å². The van der Waals surface area contributed by atoms with E-state index in [1.165, 1.54) is 6.92 Å². The molecule has 66 valence electrons. The first-order chi connectivity index (χ1) is 4.91. The molecule has 1 atom stereocenters. The lowest BCUT2D eigenvalue weighted by Gasteiger charge is -2.27. The predicted octanol–water partition coefficient (Wildman–Crippen LogP) is 0.609. The average Bonchev–Trinajstić information content (AvgIpc) is 1.86. The van der Waals surface area contributed by atoms with Gasteiger partial charge in [-0.2, -0.15) is 0 Å². The monoisotopic (exact) mass is 160 g/mol. The number of carbonyl (C=O) groups excluding carboxylic acids is 1. The summed E-state index contributed by atoms with van der Waals surface area (Å²) in [4.78, 5) is 10.8. The van der Waals surface area contributed by atoms with Gasteiger partial charge in [-0.15, -0.1) is 0 Å². The molecule has 0 saturated carbocycles. The van der Waals surface area contributed by atoms with Crippen LogP contribution in [0, 0.1) is 5.41 Å². The van der Waals surface area contributed by atoms with Gasteiger partial charge < -0.3 is 9.84 Å². The molecule has 0 aliphatic rings. The van der Waals surface area contributed by atoms with Crippen molar-refractivity contribution in [3.63, 3.8) is 0 Å². The largest absolute Gasteiger partial charge is 0.385 e. The molecule has 0 radical (unpaired) electrons. The van der Waals surface area contributed by atoms with Crippen LogP contribution in [0.4, 0.5) is 0 Å². The number of methoxy groups -OCH3 is 1. The van der Waals surface area contributed by atoms with Gasteiger partial charge in [0.25, 0.3) is 0 Å². The molecule has 0 aromatic rings. The Balaban J connectivity index is 4.16. The fourth-order valence-electron chi connectivity index (χ4n) is 1.00. The van der Waals surface area contributed by atoms with Crippen LogP contribution in [0.25, 0.3) is 0 Å². The van der Waals surface area contributed by atoms with Gasteiger partial charge in [-0.3, -0.25) is 4.79 Å². The number of ketones is 1. The fraction of sp³-hybridized carbons (Fsp3) is 0.875. The number of Topliss-reactive ketones (excluding diaryl/α,β-unsaturated/α-hetero) is 1. The molecule has 0 spiro atoms. The zero-order valence-electron chi connectivity index (χ0n) is 7.55. The maximum atomic E-state index is 10.8. The quantitative estimate of drug-likeness (QED) is 0.655. The maximum absolute atomic E-state index is 10.8. The van der Waals surface area contributed by atoms with Gasteiger partial charge >= 0.3 is 0 Å². The normalized spacial score (nSPS) is 14.6. The van der Waals surface area contributed by atoms with Crippen LogP contribution in [0.5, 0.6) is 0 Å². The molecule has 0 aliphatic heterocycles. The first-order valence-electron chi connectivity index (χ1n) is 3.59. The minimum atomic E-state index is -0.928. The van der Waals surface area contributed by atoms with Gasteiger partial charge in [-0.1, -0.05) is 13.8 Å². The lowest BCUT2D eigenvalue weighted by molar-refractivity contribution is -0.133. The van der Waals surface area contributed by atoms with E-state index in [-0.39, 0.29) is 5.78 Å². The summed E-state index contributed by atoms with van der Waals surface area (Å²) < 4.78 is 4.87. The second-order valence-electron chi connectivity index (χ2n) is 3.43. The van der Waals surface area contributed by atoms with Crippen LogP contribution in [0.2, 0.25) is 0 Å². The molecule has 0 saturated heterocycles. The summed E-state index contributed by atoms with van der Waals surface area (Å²) in [5, 5.41) is 9.36. The van der Waals surface area contributed by atoms with Gasteiger partial charge in [-0.25, -0.2) is 0 Å². The number of aliphatic hydroxyl groups excluding tert-OH is 1. The molecular weight excluding hydrogens is 144 g/mol. The SMILES string of the molecule is COCC(C)(C)C(O)C(C)=O. The second-order valence-corrected chi connectivity index (χ2v) is 3.43. The van der Waals surface area contributed by atoms with Crippen molar-refractivity contribution in [2.45, 2.75) is 26.9 Å². The summed E-state index contributed by atoms with van der Waals surface area (Å²) in [6, 6.07) is 0. The van der Waals surface area contributed by atoms with Crippen LogP contribution in [-0.2, 0) is 9.53 Å². The smallest absolute Gasteiger partial charge is 0.158 e. The Morgan fingerprint density at radius 1 is 1.64 bits per heavy atom. The van der Waals surface area contributed by atoms with Crippen molar-refractivity contribution in [1.29, 1.82) is 0 Å². The summed E-state index contributed by atoms with van der Waals surface area (Å²) in [5.74, 6) is -0.216. The number of hydrogen-bond donors (Lipinski definition) is 1. The third-order valence-corrected chi connectivity index (χ3v) is 1.64. The zero-order chi connectivity index (χ0) is 9.07. The van der Waals surface area contributed by atoms with Crippen molar-refractivity contribution in [3.8, 4) is 0 Å². The van der Waals surface area contributed by atoms with Crippen molar-refractivity contribution in [2.24, 2.45) is 5.41 Å². The Kier molecular flexibility index (Phi) is 3.69. The number of aliphatic hydroxyl groups is 1. The molecule has 3 heteroatoms. The predicted molar refractivity (Wildman–Crippen MR) is 42.3 cm³/mol. The lowest BCUT2D eigenvalue weighted by atomic mass is 9.85. The molecule has 0 bridgehead atoms. The van der Waals surface area contributed by atoms with E-state index in [1.54, 1.807) is 21.0 Å². The van der Waals surface area contributed by atoms with Crippen molar-refractivity contribution < 1.29 is 14.6 Å². The van der Waals surface area contributed by atoms with Crippen molar-refractivity contribution in [3.05, 3.63) is 0 Å². The molecule has 0 heterocycles. The molecule has 0 aromatic carbocycles. The molecule has 0 aliphatic carbocycles. The summed E-state index contributed by atoms with van der Waals surface area (Å²) >= 11 is 0. The Morgan fingerprint density at radius 3 is 2.36 bits per heavy atom. The van der Waals surface area contributed by atoms with E-state index in [4.69, 9.17) is 4.74 Å². The van der Waals surface area contributed by atoms with Crippen LogP contribution in [0.3, 0.4) is 0 Å². The second kappa shape index (κ2) is 3.83. The molecule has 0 amide bonds. The van der Waals surface area contributed by atoms with Gasteiger partial charge in [-0.05, 0) is 6.92 Å². The first-order valence-corrected chi connectivity index (χ1v) is 3.59. The third-order valence-electron chi connectivity index (χ3n) is 1.64. The molecule has 1 unspecified atom stereocenters. The molecule has 0 fully saturated rings. The van der Waals surface area contributed by atoms with E-state index in [0.717, 1.165) is 0 Å². The standard InChI is InChI=1S/C8H16O3/c1-6(9)7(10)8(2,3)5-11-4/h7,10H,5H2,1-4H3. The van der Waals surface area contributed by atoms with Crippen LogP contribution >= 0.6 is 0 Å². The van der Waals surface area contributed by atoms with E-state index in [9.17, 15) is 9.90 Å². The number of rotatable bonds is 4. The third kappa shape index (κ3) is 2.99. The Hall–Kier alpha value is -0.410. The molecular formula is C8H16O3. The van der Waals surface area contributed by atoms with Crippen molar-refractivity contribution >= 4 is 5.78 Å². The Morgan fingerprint density at radius 2 is 2.09 bits per heavy atom. The van der Waals surface area contributed by atoms with Crippen LogP contribution in [0.15, 0.2) is 0 Å². The topological polar surface area (TPSA) is 46.5 Å². The number of carbonyl (C=O) groups is 1. The maximum Gasteiger partial charge on any atom is 0.158 e. The first kappa shape index (κ1) is 10.6. The van der Waals surface area contributed by atoms with Crippen molar-refractivity contribution in [2.75, 3.05) is 13.7 Å². The molecule has 11 heavy (non-hydrogen) atoms. The van der Waals surface area contributed by atoms with Gasteiger partial charge in [0.2, 0.25) is 0 Å². The zero-order valence-corrected chi connectivity index (χ0v) is 7.55. The molecule has 0 rings (SSSR count). The average molecular weight is 160 g/mol. The number of hydrogen-bond acceptors (Lipinski definition) is 3. The fourth-order valence-corrected chi connectivity index (χ4v) is 1.00. The lowest BCUT2D eigenvalue weighted by Crippen LogP contribution is -2.38. The Bertz CT molecular complexity index is 140. The summed E-state index contributed by atoms with van der Waals surface area (Å²) in [5.41, 5.74) is -0.486. The minimum absolute atomic E-state index is 0.216. The summed E-state index contributed by atoms with van der Waals surface area (Å²) in [6.45, 7) is 5.35. The number of ether oxygens (including phenoxy) is 1. The van der Waals surface area contributed by atoms with Gasteiger partial charge in [0.1, 0.15) is 6.10 Å². The highest BCUT2D eigenvalue weighted by molar-refractivity contribution is 5.80. The molecule has 1 N–H and O–H groups in total. The highest BCUT2D eigenvalue weighted by atomic mass is 16.5. The van der Waals surface area contributed by atoms with Crippen LogP contribution < -0.4 is 0 Å². The highest BCUT2D eigenvalue weighted by Crippen LogP contribution is 2.21. The highest BCUT2D eigenvalue weighted by Gasteiger charge is 2.30. The molecule has 3 nitrogen and oxygen atoms in total. The van der Waals surface area contributed by atoms with Crippen molar-refractivity contribution in [1.82, 2.24) is 0 Å². The summed E-state index contributed by atoms with van der Waals surface area (Å²) in [6.07, 6.45) is -0.928. The minimum Gasteiger partial charge on any atom is -0.385 e. The van der Waals surface area contributed by atoms with Crippen LogP contribution in [0.1, 0.15) is 20.8 Å². The van der Waals surface area contributed by atoms with E-state index in [1.807, 2.05) is 0 Å². The van der Waals surface area contributed by atoms with Crippen LogP contribution in [-0.4, -0.2) is 30.7 Å². The van der Waals surface area contributed by atoms with E-state index < -0.39 is 11.5 Å². The van der Waals surface area contributed by atoms with Gasteiger partial charge in [0, 0.05) is 12.5 Å².